The minimum atomic E-state index is -3.83. The third-order valence-electron chi connectivity index (χ3n) is 2.28. The number of benzene rings is 1. The molecule has 8 heteroatoms. The van der Waals surface area contributed by atoms with Crippen LogP contribution in [-0.2, 0) is 14.8 Å². The molecule has 6 nitrogen and oxygen atoms in total. The zero-order chi connectivity index (χ0) is 14.6. The van der Waals surface area contributed by atoms with Gasteiger partial charge in [0.15, 0.2) is 0 Å². The molecule has 0 aliphatic heterocycles. The summed E-state index contributed by atoms with van der Waals surface area (Å²) in [6.07, 6.45) is 0. The molecule has 1 rings (SSSR count). The highest BCUT2D eigenvalue weighted by molar-refractivity contribution is 7.89. The summed E-state index contributed by atoms with van der Waals surface area (Å²) in [4.78, 5) is 12.5. The van der Waals surface area contributed by atoms with Gasteiger partial charge in [0, 0.05) is 14.1 Å². The van der Waals surface area contributed by atoms with Gasteiger partial charge in [-0.15, -0.1) is 0 Å². The van der Waals surface area contributed by atoms with Crippen LogP contribution in [0.1, 0.15) is 5.56 Å². The second kappa shape index (κ2) is 6.02. The average molecular weight is 302 g/mol. The largest absolute Gasteiger partial charge is 0.348 e. The first-order valence-corrected chi connectivity index (χ1v) is 7.03. The fraction of sp³-hybridized carbons (Fsp3) is 0.273. The summed E-state index contributed by atoms with van der Waals surface area (Å²) in [5.74, 6) is -0.372. The van der Waals surface area contributed by atoms with E-state index in [1.165, 1.54) is 37.2 Å². The molecular formula is C11H12ClN3O3S. The zero-order valence-electron chi connectivity index (χ0n) is 10.3. The number of carbonyl (C=O) groups is 1. The molecule has 0 saturated carbocycles. The lowest BCUT2D eigenvalue weighted by molar-refractivity contribution is -0.127. The Bertz CT molecular complexity index is 635. The van der Waals surface area contributed by atoms with E-state index in [1.807, 2.05) is 6.07 Å². The molecule has 0 saturated heterocycles. The van der Waals surface area contributed by atoms with Crippen LogP contribution in [0, 0.1) is 11.3 Å². The predicted octanol–water partition coefficient (Wildman–Crippen LogP) is 0.578. The van der Waals surface area contributed by atoms with Crippen LogP contribution < -0.4 is 4.72 Å². The summed E-state index contributed by atoms with van der Waals surface area (Å²) in [5.41, 5.74) is 0.185. The van der Waals surface area contributed by atoms with Crippen molar-refractivity contribution in [2.24, 2.45) is 0 Å². The maximum Gasteiger partial charge on any atom is 0.241 e. The van der Waals surface area contributed by atoms with Crippen LogP contribution in [0.2, 0.25) is 5.02 Å². The van der Waals surface area contributed by atoms with Crippen molar-refractivity contribution >= 4 is 27.5 Å². The quantitative estimate of drug-likeness (QED) is 0.880. The number of amides is 1. The number of carbonyl (C=O) groups excluding carboxylic acids is 1. The molecule has 0 unspecified atom stereocenters. The Morgan fingerprint density at radius 2 is 2.11 bits per heavy atom. The first-order chi connectivity index (χ1) is 8.77. The Morgan fingerprint density at radius 3 is 2.58 bits per heavy atom. The first kappa shape index (κ1) is 15.4. The van der Waals surface area contributed by atoms with Crippen molar-refractivity contribution in [2.75, 3.05) is 20.6 Å². The number of nitrogens with zero attached hydrogens (tertiary/aromatic N) is 2. The van der Waals surface area contributed by atoms with Crippen LogP contribution in [0.3, 0.4) is 0 Å². The molecule has 1 aromatic rings. The van der Waals surface area contributed by atoms with E-state index in [0.29, 0.717) is 0 Å². The van der Waals surface area contributed by atoms with Crippen molar-refractivity contribution in [2.45, 2.75) is 4.90 Å². The summed E-state index contributed by atoms with van der Waals surface area (Å²) < 4.78 is 25.9. The van der Waals surface area contributed by atoms with Crippen LogP contribution in [0.15, 0.2) is 23.1 Å². The lowest BCUT2D eigenvalue weighted by Crippen LogP contribution is -2.36. The minimum Gasteiger partial charge on any atom is -0.348 e. The van der Waals surface area contributed by atoms with Crippen LogP contribution in [0.5, 0.6) is 0 Å². The van der Waals surface area contributed by atoms with E-state index < -0.39 is 10.0 Å². The Kier molecular flexibility index (Phi) is 4.89. The molecule has 1 N–H and O–H groups in total. The number of rotatable bonds is 4. The van der Waals surface area contributed by atoms with E-state index >= 15 is 0 Å². The Morgan fingerprint density at radius 1 is 1.47 bits per heavy atom. The highest BCUT2D eigenvalue weighted by Gasteiger charge is 2.17. The maximum absolute atomic E-state index is 11.9. The fourth-order valence-electron chi connectivity index (χ4n) is 1.15. The van der Waals surface area contributed by atoms with Crippen molar-refractivity contribution in [1.29, 1.82) is 5.26 Å². The molecule has 0 bridgehead atoms. The normalized spacial score (nSPS) is 10.8. The molecule has 0 spiro atoms. The Labute approximate surface area is 116 Å². The number of halogens is 1. The Hall–Kier alpha value is -1.62. The standard InChI is InChI=1S/C11H12ClN3O3S/c1-15(2)11(16)7-14-19(17,18)9-4-3-8(6-13)10(12)5-9/h3-5,14H,7H2,1-2H3. The lowest BCUT2D eigenvalue weighted by Gasteiger charge is -2.11. The van der Waals surface area contributed by atoms with Gasteiger partial charge in [-0.3, -0.25) is 4.79 Å². The van der Waals surface area contributed by atoms with Crippen molar-refractivity contribution < 1.29 is 13.2 Å². The second-order valence-electron chi connectivity index (χ2n) is 3.87. The topological polar surface area (TPSA) is 90.3 Å². The van der Waals surface area contributed by atoms with E-state index in [0.717, 1.165) is 0 Å². The summed E-state index contributed by atoms with van der Waals surface area (Å²) in [6, 6.07) is 5.57. The van der Waals surface area contributed by atoms with Gasteiger partial charge in [0.25, 0.3) is 0 Å². The third-order valence-corrected chi connectivity index (χ3v) is 4.00. The van der Waals surface area contributed by atoms with Gasteiger partial charge in [-0.1, -0.05) is 11.6 Å². The number of nitrogens with one attached hydrogen (secondary N) is 1. The van der Waals surface area contributed by atoms with Crippen molar-refractivity contribution in [3.8, 4) is 6.07 Å². The molecule has 19 heavy (non-hydrogen) atoms. The number of hydrogen-bond acceptors (Lipinski definition) is 4. The number of likely N-dealkylation sites (N-methyl/N-ethyl adjacent to an activating group) is 1. The van der Waals surface area contributed by atoms with E-state index in [4.69, 9.17) is 16.9 Å². The molecule has 0 atom stereocenters. The molecule has 0 aliphatic carbocycles. The van der Waals surface area contributed by atoms with E-state index in [9.17, 15) is 13.2 Å². The SMILES string of the molecule is CN(C)C(=O)CNS(=O)(=O)c1ccc(C#N)c(Cl)c1. The van der Waals surface area contributed by atoms with Gasteiger partial charge in [0.05, 0.1) is 22.0 Å². The Balaban J connectivity index is 2.93. The number of hydrogen-bond donors (Lipinski definition) is 1. The molecule has 0 fully saturated rings. The smallest absolute Gasteiger partial charge is 0.241 e. The third kappa shape index (κ3) is 3.92. The number of sulfonamides is 1. The summed E-state index contributed by atoms with van der Waals surface area (Å²) in [5, 5.41) is 8.75. The van der Waals surface area contributed by atoms with Gasteiger partial charge in [-0.2, -0.15) is 5.26 Å². The molecule has 1 aromatic carbocycles. The van der Waals surface area contributed by atoms with Crippen molar-refractivity contribution in [3.63, 3.8) is 0 Å². The van der Waals surface area contributed by atoms with Crippen molar-refractivity contribution in [3.05, 3.63) is 28.8 Å². The average Bonchev–Trinajstić information content (AvgIpc) is 2.35. The molecule has 0 heterocycles. The highest BCUT2D eigenvalue weighted by Crippen LogP contribution is 2.19. The van der Waals surface area contributed by atoms with E-state index in [-0.39, 0.29) is 27.9 Å². The van der Waals surface area contributed by atoms with Gasteiger partial charge in [-0.25, -0.2) is 13.1 Å². The minimum absolute atomic E-state index is 0.0457. The molecular weight excluding hydrogens is 290 g/mol. The first-order valence-electron chi connectivity index (χ1n) is 5.17. The maximum atomic E-state index is 11.9. The molecule has 0 radical (unpaired) electrons. The molecule has 0 aromatic heterocycles. The van der Waals surface area contributed by atoms with Gasteiger partial charge >= 0.3 is 0 Å². The van der Waals surface area contributed by atoms with Crippen molar-refractivity contribution in [1.82, 2.24) is 9.62 Å². The summed E-state index contributed by atoms with van der Waals surface area (Å²) in [7, 11) is -0.782. The van der Waals surface area contributed by atoms with Gasteiger partial charge in [-0.05, 0) is 18.2 Å². The fourth-order valence-corrected chi connectivity index (χ4v) is 2.44. The van der Waals surface area contributed by atoms with Crippen LogP contribution in [0.25, 0.3) is 0 Å². The molecule has 0 aliphatic rings. The zero-order valence-corrected chi connectivity index (χ0v) is 11.9. The van der Waals surface area contributed by atoms with E-state index in [1.54, 1.807) is 0 Å². The second-order valence-corrected chi connectivity index (χ2v) is 6.04. The summed E-state index contributed by atoms with van der Waals surface area (Å²) in [6.45, 7) is -0.340. The predicted molar refractivity (Wildman–Crippen MR) is 70.0 cm³/mol. The van der Waals surface area contributed by atoms with Crippen LogP contribution in [-0.4, -0.2) is 39.9 Å². The summed E-state index contributed by atoms with van der Waals surface area (Å²) >= 11 is 5.76. The lowest BCUT2D eigenvalue weighted by atomic mass is 10.2. The van der Waals surface area contributed by atoms with Gasteiger partial charge < -0.3 is 4.90 Å². The van der Waals surface area contributed by atoms with Crippen LogP contribution in [0.4, 0.5) is 0 Å². The van der Waals surface area contributed by atoms with Gasteiger partial charge in [0.1, 0.15) is 6.07 Å². The van der Waals surface area contributed by atoms with Gasteiger partial charge in [0.2, 0.25) is 15.9 Å². The van der Waals surface area contributed by atoms with Crippen LogP contribution >= 0.6 is 11.6 Å². The van der Waals surface area contributed by atoms with E-state index in [2.05, 4.69) is 4.72 Å². The number of nitriles is 1. The molecule has 1 amide bonds. The monoisotopic (exact) mass is 301 g/mol. The highest BCUT2D eigenvalue weighted by atomic mass is 35.5. The molecule has 102 valence electrons.